The molecule has 3 heteroatoms. The van der Waals surface area contributed by atoms with Gasteiger partial charge in [0.1, 0.15) is 10.5 Å². The van der Waals surface area contributed by atoms with E-state index in [1.807, 2.05) is 6.07 Å². The van der Waals surface area contributed by atoms with Crippen molar-refractivity contribution >= 4 is 12.2 Å². The van der Waals surface area contributed by atoms with E-state index in [1.165, 1.54) is 5.69 Å². The molecular formula is C12H20N2S. The van der Waals surface area contributed by atoms with E-state index in [-0.39, 0.29) is 0 Å². The van der Waals surface area contributed by atoms with Crippen LogP contribution in [0.2, 0.25) is 0 Å². The molecule has 0 bridgehead atoms. The number of nitrogens with one attached hydrogen (secondary N) is 1. The predicted molar refractivity (Wildman–Crippen MR) is 66.7 cm³/mol. The Hall–Kier alpha value is -0.700. The van der Waals surface area contributed by atoms with E-state index in [0.717, 1.165) is 18.7 Å². The second-order valence-electron chi connectivity index (χ2n) is 4.71. The highest BCUT2D eigenvalue weighted by molar-refractivity contribution is 7.71. The third-order valence-corrected chi connectivity index (χ3v) is 2.60. The van der Waals surface area contributed by atoms with Crippen LogP contribution >= 0.6 is 12.2 Å². The highest BCUT2D eigenvalue weighted by Gasteiger charge is 2.03. The van der Waals surface area contributed by atoms with Crippen LogP contribution in [-0.4, -0.2) is 9.97 Å². The fourth-order valence-electron chi connectivity index (χ4n) is 1.38. The van der Waals surface area contributed by atoms with Crippen molar-refractivity contribution in [2.75, 3.05) is 0 Å². The van der Waals surface area contributed by atoms with Crippen LogP contribution < -0.4 is 0 Å². The van der Waals surface area contributed by atoms with Crippen LogP contribution in [0.4, 0.5) is 0 Å². The van der Waals surface area contributed by atoms with E-state index in [0.29, 0.717) is 16.5 Å². The highest BCUT2D eigenvalue weighted by Crippen LogP contribution is 2.12. The summed E-state index contributed by atoms with van der Waals surface area (Å²) in [5, 5.41) is 0. The summed E-state index contributed by atoms with van der Waals surface area (Å²) in [4.78, 5) is 7.71. The SMILES string of the molecule is CC(C)CCc1nc(=S)cc(C(C)C)[nH]1. The molecule has 0 fully saturated rings. The first-order chi connectivity index (χ1) is 6.99. The van der Waals surface area contributed by atoms with Gasteiger partial charge in [0, 0.05) is 12.1 Å². The molecule has 0 aliphatic heterocycles. The monoisotopic (exact) mass is 224 g/mol. The molecule has 2 nitrogen and oxygen atoms in total. The molecule has 0 saturated heterocycles. The van der Waals surface area contributed by atoms with Crippen molar-refractivity contribution < 1.29 is 0 Å². The van der Waals surface area contributed by atoms with Gasteiger partial charge in [-0.25, -0.2) is 4.98 Å². The van der Waals surface area contributed by atoms with Gasteiger partial charge in [0.15, 0.2) is 0 Å². The molecule has 15 heavy (non-hydrogen) atoms. The largest absolute Gasteiger partial charge is 0.347 e. The van der Waals surface area contributed by atoms with Crippen molar-refractivity contribution in [3.63, 3.8) is 0 Å². The number of hydrogen-bond acceptors (Lipinski definition) is 2. The number of H-pyrrole nitrogens is 1. The predicted octanol–water partition coefficient (Wildman–Crippen LogP) is 3.85. The molecule has 0 amide bonds. The fraction of sp³-hybridized carbons (Fsp3) is 0.667. The first kappa shape index (κ1) is 12.4. The van der Waals surface area contributed by atoms with Crippen molar-refractivity contribution in [1.29, 1.82) is 0 Å². The summed E-state index contributed by atoms with van der Waals surface area (Å²) in [7, 11) is 0. The number of aromatic nitrogens is 2. The summed E-state index contributed by atoms with van der Waals surface area (Å²) in [5.74, 6) is 2.21. The molecule has 0 aromatic carbocycles. The molecule has 0 saturated carbocycles. The topological polar surface area (TPSA) is 28.7 Å². The Labute approximate surface area is 97.1 Å². The summed E-state index contributed by atoms with van der Waals surface area (Å²) in [6, 6.07) is 1.96. The Kier molecular flexibility index (Phi) is 4.45. The van der Waals surface area contributed by atoms with Crippen molar-refractivity contribution in [3.8, 4) is 0 Å². The van der Waals surface area contributed by atoms with Gasteiger partial charge in [0.2, 0.25) is 0 Å². The minimum atomic E-state index is 0.479. The van der Waals surface area contributed by atoms with Gasteiger partial charge in [-0.3, -0.25) is 0 Å². The maximum absolute atomic E-state index is 5.16. The Balaban J connectivity index is 2.84. The van der Waals surface area contributed by atoms with Crippen molar-refractivity contribution in [3.05, 3.63) is 22.2 Å². The quantitative estimate of drug-likeness (QED) is 0.787. The fourth-order valence-corrected chi connectivity index (χ4v) is 1.62. The Morgan fingerprint density at radius 1 is 1.33 bits per heavy atom. The summed E-state index contributed by atoms with van der Waals surface area (Å²) in [6.07, 6.45) is 2.14. The molecule has 0 spiro atoms. The zero-order valence-electron chi connectivity index (χ0n) is 10.0. The molecule has 1 heterocycles. The summed E-state index contributed by atoms with van der Waals surface area (Å²) < 4.78 is 0.705. The number of rotatable bonds is 4. The van der Waals surface area contributed by atoms with Gasteiger partial charge < -0.3 is 4.98 Å². The molecule has 0 aliphatic rings. The molecule has 1 rings (SSSR count). The van der Waals surface area contributed by atoms with Crippen LogP contribution in [0, 0.1) is 10.6 Å². The van der Waals surface area contributed by atoms with E-state index in [1.54, 1.807) is 0 Å². The van der Waals surface area contributed by atoms with Gasteiger partial charge in [-0.15, -0.1) is 0 Å². The van der Waals surface area contributed by atoms with Crippen LogP contribution in [0.5, 0.6) is 0 Å². The van der Waals surface area contributed by atoms with E-state index < -0.39 is 0 Å². The summed E-state index contributed by atoms with van der Waals surface area (Å²) >= 11 is 5.16. The van der Waals surface area contributed by atoms with E-state index in [2.05, 4.69) is 37.7 Å². The van der Waals surface area contributed by atoms with E-state index in [9.17, 15) is 0 Å². The molecule has 1 aromatic heterocycles. The molecular weight excluding hydrogens is 204 g/mol. The standard InChI is InChI=1S/C12H20N2S/c1-8(2)5-6-11-13-10(9(3)4)7-12(15)14-11/h7-9H,5-6H2,1-4H3,(H,13,14,15). The Morgan fingerprint density at radius 2 is 2.00 bits per heavy atom. The Morgan fingerprint density at radius 3 is 2.53 bits per heavy atom. The summed E-state index contributed by atoms with van der Waals surface area (Å²) in [6.45, 7) is 8.77. The number of nitrogens with zero attached hydrogens (tertiary/aromatic N) is 1. The van der Waals surface area contributed by atoms with Crippen LogP contribution in [0.15, 0.2) is 6.07 Å². The molecule has 84 valence electrons. The highest BCUT2D eigenvalue weighted by atomic mass is 32.1. The van der Waals surface area contributed by atoms with Gasteiger partial charge in [0.05, 0.1) is 0 Å². The lowest BCUT2D eigenvalue weighted by Gasteiger charge is -2.09. The Bertz CT molecular complexity index is 366. The molecule has 1 aromatic rings. The van der Waals surface area contributed by atoms with Crippen LogP contribution in [0.1, 0.15) is 51.6 Å². The molecule has 0 unspecified atom stereocenters. The second-order valence-corrected chi connectivity index (χ2v) is 5.13. The first-order valence-electron chi connectivity index (χ1n) is 5.59. The maximum Gasteiger partial charge on any atom is 0.129 e. The zero-order chi connectivity index (χ0) is 11.4. The third-order valence-electron chi connectivity index (χ3n) is 2.39. The second kappa shape index (κ2) is 5.40. The van der Waals surface area contributed by atoms with Crippen LogP contribution in [0.25, 0.3) is 0 Å². The number of aryl methyl sites for hydroxylation is 1. The average molecular weight is 224 g/mol. The number of aromatic amines is 1. The maximum atomic E-state index is 5.16. The van der Waals surface area contributed by atoms with Gasteiger partial charge >= 0.3 is 0 Å². The minimum Gasteiger partial charge on any atom is -0.347 e. The van der Waals surface area contributed by atoms with Crippen LogP contribution in [0.3, 0.4) is 0 Å². The normalized spacial score (nSPS) is 11.3. The number of hydrogen-bond donors (Lipinski definition) is 1. The van der Waals surface area contributed by atoms with E-state index >= 15 is 0 Å². The third kappa shape index (κ3) is 4.12. The van der Waals surface area contributed by atoms with Crippen molar-refractivity contribution in [1.82, 2.24) is 9.97 Å². The summed E-state index contributed by atoms with van der Waals surface area (Å²) in [5.41, 5.74) is 1.19. The van der Waals surface area contributed by atoms with Crippen molar-refractivity contribution in [2.45, 2.75) is 46.5 Å². The van der Waals surface area contributed by atoms with E-state index in [4.69, 9.17) is 12.2 Å². The molecule has 0 atom stereocenters. The van der Waals surface area contributed by atoms with Gasteiger partial charge in [-0.05, 0) is 24.3 Å². The molecule has 0 radical (unpaired) electrons. The van der Waals surface area contributed by atoms with Crippen LogP contribution in [-0.2, 0) is 6.42 Å². The lowest BCUT2D eigenvalue weighted by Crippen LogP contribution is -2.03. The average Bonchev–Trinajstić information content (AvgIpc) is 2.13. The lowest BCUT2D eigenvalue weighted by molar-refractivity contribution is 0.572. The van der Waals surface area contributed by atoms with Crippen molar-refractivity contribution in [2.24, 2.45) is 5.92 Å². The van der Waals surface area contributed by atoms with Gasteiger partial charge in [0.25, 0.3) is 0 Å². The van der Waals surface area contributed by atoms with Gasteiger partial charge in [-0.2, -0.15) is 0 Å². The zero-order valence-corrected chi connectivity index (χ0v) is 10.8. The first-order valence-corrected chi connectivity index (χ1v) is 6.00. The lowest BCUT2D eigenvalue weighted by atomic mass is 10.1. The minimum absolute atomic E-state index is 0.479. The molecule has 0 aliphatic carbocycles. The smallest absolute Gasteiger partial charge is 0.129 e. The molecule has 1 N–H and O–H groups in total. The van der Waals surface area contributed by atoms with Gasteiger partial charge in [-0.1, -0.05) is 39.9 Å².